The summed E-state index contributed by atoms with van der Waals surface area (Å²) in [5.74, 6) is -0.319. The minimum Gasteiger partial charge on any atom is -0.383 e. The van der Waals surface area contributed by atoms with Gasteiger partial charge in [0.05, 0.1) is 5.56 Å². The number of carbonyl (C=O) groups is 1. The molecule has 6 nitrogen and oxygen atoms in total. The van der Waals surface area contributed by atoms with Gasteiger partial charge in [-0.25, -0.2) is 9.97 Å². The fraction of sp³-hybridized carbons (Fsp3) is 0.375. The van der Waals surface area contributed by atoms with Gasteiger partial charge < -0.3 is 5.73 Å². The molecule has 2 aromatic heterocycles. The Morgan fingerprint density at radius 3 is 2.52 bits per heavy atom. The third-order valence-electron chi connectivity index (χ3n) is 4.24. The van der Waals surface area contributed by atoms with Crippen LogP contribution in [0, 0.1) is 5.92 Å². The van der Waals surface area contributed by atoms with Gasteiger partial charge >= 0.3 is 6.18 Å². The number of Topliss-reactive ketones (excluding diaryl/α,β-unsaturated/α-hetero) is 1. The van der Waals surface area contributed by atoms with E-state index in [4.69, 9.17) is 5.73 Å². The summed E-state index contributed by atoms with van der Waals surface area (Å²) in [6, 6.07) is 1.54. The van der Waals surface area contributed by atoms with Gasteiger partial charge in [0.2, 0.25) is 0 Å². The van der Waals surface area contributed by atoms with Crippen molar-refractivity contribution < 1.29 is 18.0 Å². The molecule has 0 aromatic carbocycles. The first-order chi connectivity index (χ1) is 11.8. The largest absolute Gasteiger partial charge is 0.435 e. The quantitative estimate of drug-likeness (QED) is 0.918. The lowest BCUT2D eigenvalue weighted by Crippen LogP contribution is -2.15. The van der Waals surface area contributed by atoms with E-state index in [0.717, 1.165) is 4.68 Å². The zero-order chi connectivity index (χ0) is 18.2. The molecule has 2 N–H and O–H groups in total. The Morgan fingerprint density at radius 1 is 1.32 bits per heavy atom. The second kappa shape index (κ2) is 6.30. The van der Waals surface area contributed by atoms with Crippen molar-refractivity contribution in [1.82, 2.24) is 19.7 Å². The molecule has 2 aromatic rings. The third-order valence-corrected chi connectivity index (χ3v) is 4.24. The number of carbonyl (C=O) groups excluding carboxylic acids is 1. The summed E-state index contributed by atoms with van der Waals surface area (Å²) in [6.07, 6.45) is 0.996. The third kappa shape index (κ3) is 3.26. The Kier molecular flexibility index (Phi) is 4.32. The van der Waals surface area contributed by atoms with Crippen LogP contribution in [0.2, 0.25) is 0 Å². The molecule has 2 heterocycles. The van der Waals surface area contributed by atoms with Gasteiger partial charge in [0.25, 0.3) is 5.95 Å². The van der Waals surface area contributed by atoms with Crippen LogP contribution in [-0.2, 0) is 11.0 Å². The number of nitrogens with zero attached hydrogens (tertiary/aromatic N) is 4. The van der Waals surface area contributed by atoms with Gasteiger partial charge in [-0.15, -0.1) is 0 Å². The van der Waals surface area contributed by atoms with E-state index >= 15 is 0 Å². The highest BCUT2D eigenvalue weighted by Gasteiger charge is 2.40. The maximum Gasteiger partial charge on any atom is 0.435 e. The second-order valence-electron chi connectivity index (χ2n) is 5.88. The first kappa shape index (κ1) is 17.1. The topological polar surface area (TPSA) is 86.7 Å². The zero-order valence-electron chi connectivity index (χ0n) is 13.4. The van der Waals surface area contributed by atoms with Crippen LogP contribution in [0.15, 0.2) is 24.5 Å². The Balaban J connectivity index is 2.10. The Morgan fingerprint density at radius 2 is 2.00 bits per heavy atom. The average molecular weight is 351 g/mol. The lowest BCUT2D eigenvalue weighted by molar-refractivity contribution is -0.141. The number of aromatic nitrogens is 4. The molecular weight excluding hydrogens is 335 g/mol. The highest BCUT2D eigenvalue weighted by Crippen LogP contribution is 2.41. The predicted molar refractivity (Wildman–Crippen MR) is 84.6 cm³/mol. The fourth-order valence-electron chi connectivity index (χ4n) is 2.93. The molecular formula is C16H16F3N5O. The molecule has 1 atom stereocenters. The summed E-state index contributed by atoms with van der Waals surface area (Å²) in [6.45, 7) is 1.49. The zero-order valence-corrected chi connectivity index (χ0v) is 13.4. The van der Waals surface area contributed by atoms with Crippen molar-refractivity contribution >= 4 is 17.2 Å². The molecule has 0 saturated carbocycles. The normalized spacial score (nSPS) is 18.1. The van der Waals surface area contributed by atoms with Crippen LogP contribution >= 0.6 is 0 Å². The Bertz CT molecular complexity index is 826. The van der Waals surface area contributed by atoms with E-state index in [9.17, 15) is 18.0 Å². The summed E-state index contributed by atoms with van der Waals surface area (Å²) >= 11 is 0. The molecule has 3 rings (SSSR count). The van der Waals surface area contributed by atoms with Crippen LogP contribution in [0.3, 0.4) is 0 Å². The van der Waals surface area contributed by atoms with Crippen LogP contribution in [0.5, 0.6) is 0 Å². The van der Waals surface area contributed by atoms with E-state index in [1.54, 1.807) is 12.1 Å². The molecule has 25 heavy (non-hydrogen) atoms. The number of nitrogen functional groups attached to an aromatic ring is 1. The molecule has 1 unspecified atom stereocenters. The van der Waals surface area contributed by atoms with Crippen molar-refractivity contribution in [2.45, 2.75) is 32.4 Å². The Hall–Kier alpha value is -2.71. The van der Waals surface area contributed by atoms with Crippen molar-refractivity contribution in [1.29, 1.82) is 0 Å². The van der Waals surface area contributed by atoms with E-state index in [0.29, 0.717) is 24.8 Å². The fourth-order valence-corrected chi connectivity index (χ4v) is 2.93. The van der Waals surface area contributed by atoms with Gasteiger partial charge in [-0.3, -0.25) is 4.79 Å². The standard InChI is InChI=1S/C16H16F3N5O/c1-9(25)10-3-5-11(6-4-10)12-13(16(17,18)19)23-24(14(12)20)15-21-7-2-8-22-15/h2,5,7-8,10H,3-4,6,20H2,1H3. The van der Waals surface area contributed by atoms with Crippen molar-refractivity contribution in [2.24, 2.45) is 5.92 Å². The van der Waals surface area contributed by atoms with E-state index in [1.165, 1.54) is 19.3 Å². The van der Waals surface area contributed by atoms with Gasteiger partial charge in [0.1, 0.15) is 11.6 Å². The smallest absolute Gasteiger partial charge is 0.383 e. The van der Waals surface area contributed by atoms with Crippen molar-refractivity contribution in [2.75, 3.05) is 5.73 Å². The molecule has 1 aliphatic carbocycles. The first-order valence-electron chi connectivity index (χ1n) is 7.72. The van der Waals surface area contributed by atoms with E-state index < -0.39 is 11.9 Å². The molecule has 0 aliphatic heterocycles. The lowest BCUT2D eigenvalue weighted by Gasteiger charge is -2.20. The summed E-state index contributed by atoms with van der Waals surface area (Å²) in [5, 5.41) is 3.61. The number of rotatable bonds is 3. The predicted octanol–water partition coefficient (Wildman–Crippen LogP) is 3.04. The van der Waals surface area contributed by atoms with Gasteiger partial charge in [-0.05, 0) is 37.8 Å². The second-order valence-corrected chi connectivity index (χ2v) is 5.88. The van der Waals surface area contributed by atoms with Crippen LogP contribution < -0.4 is 5.73 Å². The molecule has 0 spiro atoms. The van der Waals surface area contributed by atoms with Gasteiger partial charge in [0, 0.05) is 18.3 Å². The molecule has 0 amide bonds. The van der Waals surface area contributed by atoms with Gasteiger partial charge in [-0.1, -0.05) is 6.08 Å². The highest BCUT2D eigenvalue weighted by atomic mass is 19.4. The highest BCUT2D eigenvalue weighted by molar-refractivity contribution is 5.82. The van der Waals surface area contributed by atoms with Crippen molar-refractivity contribution in [3.63, 3.8) is 0 Å². The molecule has 132 valence electrons. The summed E-state index contributed by atoms with van der Waals surface area (Å²) in [5.41, 5.74) is 5.20. The van der Waals surface area contributed by atoms with E-state index in [1.807, 2.05) is 0 Å². The van der Waals surface area contributed by atoms with Crippen molar-refractivity contribution in [3.05, 3.63) is 35.8 Å². The first-order valence-corrected chi connectivity index (χ1v) is 7.72. The SMILES string of the molecule is CC(=O)C1CC=C(c2c(C(F)(F)F)nn(-c3ncccn3)c2N)CC1. The van der Waals surface area contributed by atoms with Gasteiger partial charge in [-0.2, -0.15) is 23.0 Å². The number of allylic oxidation sites excluding steroid dienone is 2. The summed E-state index contributed by atoms with van der Waals surface area (Å²) < 4.78 is 41.3. The maximum absolute atomic E-state index is 13.5. The molecule has 1 aliphatic rings. The van der Waals surface area contributed by atoms with E-state index in [2.05, 4.69) is 15.1 Å². The number of hydrogen-bond acceptors (Lipinski definition) is 5. The van der Waals surface area contributed by atoms with Gasteiger partial charge in [0.15, 0.2) is 5.69 Å². The number of nitrogens with two attached hydrogens (primary N) is 1. The lowest BCUT2D eigenvalue weighted by atomic mass is 9.84. The number of anilines is 1. The van der Waals surface area contributed by atoms with Crippen LogP contribution in [0.25, 0.3) is 11.5 Å². The monoisotopic (exact) mass is 351 g/mol. The van der Waals surface area contributed by atoms with Crippen LogP contribution in [-0.4, -0.2) is 25.5 Å². The maximum atomic E-state index is 13.5. The summed E-state index contributed by atoms with van der Waals surface area (Å²) in [7, 11) is 0. The number of hydrogen-bond donors (Lipinski definition) is 1. The molecule has 0 radical (unpaired) electrons. The number of halogens is 3. The average Bonchev–Trinajstić information content (AvgIpc) is 2.93. The molecule has 0 saturated heterocycles. The Labute approximate surface area is 141 Å². The number of ketones is 1. The molecule has 0 fully saturated rings. The van der Waals surface area contributed by atoms with Crippen LogP contribution in [0.1, 0.15) is 37.4 Å². The number of alkyl halides is 3. The van der Waals surface area contributed by atoms with Crippen molar-refractivity contribution in [3.8, 4) is 5.95 Å². The minimum atomic E-state index is -4.66. The van der Waals surface area contributed by atoms with E-state index in [-0.39, 0.29) is 29.0 Å². The summed E-state index contributed by atoms with van der Waals surface area (Å²) in [4.78, 5) is 19.3. The minimum absolute atomic E-state index is 0.0326. The molecule has 9 heteroatoms. The molecule has 0 bridgehead atoms. The van der Waals surface area contributed by atoms with Crippen LogP contribution in [0.4, 0.5) is 19.0 Å².